The Labute approximate surface area is 161 Å². The molecule has 144 valence electrons. The van der Waals surface area contributed by atoms with E-state index in [9.17, 15) is 13.2 Å². The highest BCUT2D eigenvalue weighted by Crippen LogP contribution is 2.24. The molecular formula is C21H26N2O3S. The number of hydrogen-bond acceptors (Lipinski definition) is 3. The van der Waals surface area contributed by atoms with Crippen LogP contribution in [0, 0.1) is 0 Å². The molecule has 0 atom stereocenters. The van der Waals surface area contributed by atoms with Crippen LogP contribution >= 0.6 is 0 Å². The third-order valence-corrected chi connectivity index (χ3v) is 6.58. The van der Waals surface area contributed by atoms with Crippen molar-refractivity contribution in [2.75, 3.05) is 16.6 Å². The van der Waals surface area contributed by atoms with E-state index in [1.807, 2.05) is 44.2 Å². The lowest BCUT2D eigenvalue weighted by atomic mass is 9.94. The number of rotatable bonds is 5. The van der Waals surface area contributed by atoms with Gasteiger partial charge in [-0.2, -0.15) is 0 Å². The molecule has 0 aliphatic carbocycles. The summed E-state index contributed by atoms with van der Waals surface area (Å²) in [6.07, 6.45) is 2.29. The van der Waals surface area contributed by atoms with Gasteiger partial charge in [-0.25, -0.2) is 8.42 Å². The number of sulfonamides is 1. The summed E-state index contributed by atoms with van der Waals surface area (Å²) in [4.78, 5) is 12.6. The molecule has 1 aliphatic heterocycles. The summed E-state index contributed by atoms with van der Waals surface area (Å²) in [6.45, 7) is 4.48. The summed E-state index contributed by atoms with van der Waals surface area (Å²) in [5.74, 6) is 0.0205. The van der Waals surface area contributed by atoms with Crippen LogP contribution in [0.25, 0.3) is 0 Å². The number of anilines is 1. The Hall–Kier alpha value is -2.34. The van der Waals surface area contributed by atoms with Gasteiger partial charge >= 0.3 is 0 Å². The Morgan fingerprint density at radius 2 is 1.70 bits per heavy atom. The van der Waals surface area contributed by atoms with Crippen LogP contribution in [0.5, 0.6) is 0 Å². The van der Waals surface area contributed by atoms with Crippen LogP contribution < -0.4 is 9.62 Å². The molecule has 0 radical (unpaired) electrons. The highest BCUT2D eigenvalue weighted by molar-refractivity contribution is 7.92. The topological polar surface area (TPSA) is 66.5 Å². The van der Waals surface area contributed by atoms with Crippen LogP contribution in [-0.4, -0.2) is 32.2 Å². The van der Waals surface area contributed by atoms with E-state index >= 15 is 0 Å². The van der Waals surface area contributed by atoms with E-state index in [2.05, 4.69) is 5.32 Å². The molecule has 0 aromatic heterocycles. The van der Waals surface area contributed by atoms with E-state index in [0.29, 0.717) is 24.2 Å². The van der Waals surface area contributed by atoms with E-state index in [1.165, 1.54) is 4.31 Å². The summed E-state index contributed by atoms with van der Waals surface area (Å²) in [5, 5.41) is 3.07. The standard InChI is InChI=1S/C21H26N2O3S/c1-21(2,16-17-8-4-3-5-9-17)22-20(24)18-10-12-19(13-11-18)23-14-6-7-15-27(23,25)26/h3-5,8-13H,6-7,14-16H2,1-2H3,(H,22,24). The lowest BCUT2D eigenvalue weighted by molar-refractivity contribution is 0.0913. The summed E-state index contributed by atoms with van der Waals surface area (Å²) in [7, 11) is -3.24. The molecule has 2 aromatic carbocycles. The molecule has 1 heterocycles. The number of carbonyl (C=O) groups is 1. The van der Waals surface area contributed by atoms with Gasteiger partial charge in [-0.3, -0.25) is 9.10 Å². The summed E-state index contributed by atoms with van der Waals surface area (Å²) >= 11 is 0. The van der Waals surface area contributed by atoms with Crippen LogP contribution in [-0.2, 0) is 16.4 Å². The lowest BCUT2D eigenvalue weighted by Crippen LogP contribution is -2.45. The maximum atomic E-state index is 12.6. The molecule has 0 saturated carbocycles. The molecule has 6 heteroatoms. The first-order valence-corrected chi connectivity index (χ1v) is 10.8. The van der Waals surface area contributed by atoms with Gasteiger partial charge in [-0.05, 0) is 62.9 Å². The number of nitrogens with zero attached hydrogens (tertiary/aromatic N) is 1. The Balaban J connectivity index is 1.68. The van der Waals surface area contributed by atoms with Gasteiger partial charge in [0.2, 0.25) is 10.0 Å². The minimum atomic E-state index is -3.24. The van der Waals surface area contributed by atoms with Crippen molar-refractivity contribution < 1.29 is 13.2 Å². The van der Waals surface area contributed by atoms with Crippen molar-refractivity contribution >= 4 is 21.6 Å². The Morgan fingerprint density at radius 1 is 1.04 bits per heavy atom. The Morgan fingerprint density at radius 3 is 2.33 bits per heavy atom. The molecule has 5 nitrogen and oxygen atoms in total. The molecule has 0 bridgehead atoms. The number of benzene rings is 2. The number of carbonyl (C=O) groups excluding carboxylic acids is 1. The van der Waals surface area contributed by atoms with Crippen molar-refractivity contribution in [3.05, 3.63) is 65.7 Å². The van der Waals surface area contributed by atoms with Crippen LogP contribution in [0.15, 0.2) is 54.6 Å². The van der Waals surface area contributed by atoms with Crippen LogP contribution in [0.4, 0.5) is 5.69 Å². The molecule has 27 heavy (non-hydrogen) atoms. The minimum Gasteiger partial charge on any atom is -0.347 e. The third kappa shape index (κ3) is 4.89. The quantitative estimate of drug-likeness (QED) is 0.857. The zero-order valence-corrected chi connectivity index (χ0v) is 16.6. The summed E-state index contributed by atoms with van der Waals surface area (Å²) in [5.41, 5.74) is 1.91. The zero-order valence-electron chi connectivity index (χ0n) is 15.8. The fraction of sp³-hybridized carbons (Fsp3) is 0.381. The first-order valence-electron chi connectivity index (χ1n) is 9.24. The Kier molecular flexibility index (Phi) is 5.56. The molecule has 1 aliphatic rings. The second-order valence-electron chi connectivity index (χ2n) is 7.64. The molecular weight excluding hydrogens is 360 g/mol. The van der Waals surface area contributed by atoms with E-state index in [-0.39, 0.29) is 11.7 Å². The molecule has 1 N–H and O–H groups in total. The van der Waals surface area contributed by atoms with Crippen molar-refractivity contribution in [2.24, 2.45) is 0 Å². The lowest BCUT2D eigenvalue weighted by Gasteiger charge is -2.29. The van der Waals surface area contributed by atoms with Crippen molar-refractivity contribution in [2.45, 2.75) is 38.6 Å². The molecule has 0 spiro atoms. The van der Waals surface area contributed by atoms with Crippen LogP contribution in [0.1, 0.15) is 42.6 Å². The minimum absolute atomic E-state index is 0.163. The predicted octanol–water partition coefficient (Wildman–Crippen LogP) is 3.37. The summed E-state index contributed by atoms with van der Waals surface area (Å²) in [6, 6.07) is 16.8. The second-order valence-corrected chi connectivity index (χ2v) is 9.66. The molecule has 1 saturated heterocycles. The van der Waals surface area contributed by atoms with Gasteiger partial charge in [-0.15, -0.1) is 0 Å². The van der Waals surface area contributed by atoms with Gasteiger partial charge in [0.15, 0.2) is 0 Å². The molecule has 3 rings (SSSR count). The largest absolute Gasteiger partial charge is 0.347 e. The van der Waals surface area contributed by atoms with Gasteiger partial charge in [0.25, 0.3) is 5.91 Å². The number of nitrogens with one attached hydrogen (secondary N) is 1. The van der Waals surface area contributed by atoms with Gasteiger partial charge in [0.05, 0.1) is 11.4 Å². The maximum Gasteiger partial charge on any atom is 0.251 e. The molecule has 1 fully saturated rings. The van der Waals surface area contributed by atoms with E-state index < -0.39 is 15.6 Å². The zero-order chi connectivity index (χ0) is 19.5. The van der Waals surface area contributed by atoms with Gasteiger partial charge in [-0.1, -0.05) is 30.3 Å². The molecule has 2 aromatic rings. The maximum absolute atomic E-state index is 12.6. The second kappa shape index (κ2) is 7.72. The molecule has 1 amide bonds. The average Bonchev–Trinajstić information content (AvgIpc) is 2.61. The highest BCUT2D eigenvalue weighted by atomic mass is 32.2. The van der Waals surface area contributed by atoms with E-state index in [4.69, 9.17) is 0 Å². The SMILES string of the molecule is CC(C)(Cc1ccccc1)NC(=O)c1ccc(N2CCCCS2(=O)=O)cc1. The first-order chi connectivity index (χ1) is 12.8. The fourth-order valence-corrected chi connectivity index (χ4v) is 5.03. The van der Waals surface area contributed by atoms with Crippen molar-refractivity contribution in [1.29, 1.82) is 0 Å². The first kappa shape index (κ1) is 19.4. The predicted molar refractivity (Wildman–Crippen MR) is 109 cm³/mol. The molecule has 0 unspecified atom stereocenters. The van der Waals surface area contributed by atoms with Gasteiger partial charge in [0.1, 0.15) is 0 Å². The van der Waals surface area contributed by atoms with E-state index in [0.717, 1.165) is 18.4 Å². The van der Waals surface area contributed by atoms with Gasteiger partial charge < -0.3 is 5.32 Å². The van der Waals surface area contributed by atoms with Crippen LogP contribution in [0.2, 0.25) is 0 Å². The number of amides is 1. The smallest absolute Gasteiger partial charge is 0.251 e. The highest BCUT2D eigenvalue weighted by Gasteiger charge is 2.26. The summed E-state index contributed by atoms with van der Waals surface area (Å²) < 4.78 is 25.9. The van der Waals surface area contributed by atoms with Crippen molar-refractivity contribution in [3.63, 3.8) is 0 Å². The fourth-order valence-electron chi connectivity index (χ4n) is 3.39. The van der Waals surface area contributed by atoms with Gasteiger partial charge in [0, 0.05) is 17.6 Å². The van der Waals surface area contributed by atoms with Crippen LogP contribution in [0.3, 0.4) is 0 Å². The number of hydrogen-bond donors (Lipinski definition) is 1. The normalized spacial score (nSPS) is 16.7. The Bertz CT molecular complexity index is 891. The third-order valence-electron chi connectivity index (χ3n) is 4.71. The van der Waals surface area contributed by atoms with E-state index in [1.54, 1.807) is 24.3 Å². The van der Waals surface area contributed by atoms with Crippen molar-refractivity contribution in [3.8, 4) is 0 Å². The average molecular weight is 387 g/mol. The van der Waals surface area contributed by atoms with Crippen molar-refractivity contribution in [1.82, 2.24) is 5.32 Å². The monoisotopic (exact) mass is 386 g/mol.